The lowest BCUT2D eigenvalue weighted by Crippen LogP contribution is -2.18. The van der Waals surface area contributed by atoms with Gasteiger partial charge < -0.3 is 10.1 Å². The molecule has 0 aliphatic rings. The van der Waals surface area contributed by atoms with Gasteiger partial charge in [-0.15, -0.1) is 0 Å². The molecule has 2 nitrogen and oxygen atoms in total. The van der Waals surface area contributed by atoms with Crippen molar-refractivity contribution in [2.75, 3.05) is 20.3 Å². The lowest BCUT2D eigenvalue weighted by Gasteiger charge is -2.11. The molecule has 2 rings (SSSR count). The van der Waals surface area contributed by atoms with Gasteiger partial charge in [0.05, 0.1) is 6.61 Å². The second-order valence-electron chi connectivity index (χ2n) is 4.48. The van der Waals surface area contributed by atoms with Crippen molar-refractivity contribution in [1.29, 1.82) is 0 Å². The molecule has 0 saturated heterocycles. The van der Waals surface area contributed by atoms with E-state index in [1.54, 1.807) is 18.9 Å². The van der Waals surface area contributed by atoms with Crippen molar-refractivity contribution in [3.8, 4) is 0 Å². The van der Waals surface area contributed by atoms with Crippen LogP contribution in [0.2, 0.25) is 5.02 Å². The first-order chi connectivity index (χ1) is 10.2. The highest BCUT2D eigenvalue weighted by atomic mass is 79.9. The Labute approximate surface area is 143 Å². The van der Waals surface area contributed by atoms with Gasteiger partial charge in [0, 0.05) is 39.5 Å². The Morgan fingerprint density at radius 2 is 2.10 bits per heavy atom. The van der Waals surface area contributed by atoms with Crippen LogP contribution in [0.1, 0.15) is 5.56 Å². The SMILES string of the molecule is COCCNCc1cc(Cl)ccc1Sc1cccc(Br)c1. The van der Waals surface area contributed by atoms with E-state index in [1.807, 2.05) is 24.3 Å². The predicted octanol–water partition coefficient (Wildman–Crippen LogP) is 4.99. The summed E-state index contributed by atoms with van der Waals surface area (Å²) in [6, 6.07) is 14.3. The summed E-state index contributed by atoms with van der Waals surface area (Å²) >= 11 is 11.4. The number of methoxy groups -OCH3 is 1. The van der Waals surface area contributed by atoms with Gasteiger partial charge in [-0.1, -0.05) is 45.4 Å². The minimum absolute atomic E-state index is 0.703. The van der Waals surface area contributed by atoms with Crippen molar-refractivity contribution >= 4 is 39.3 Å². The topological polar surface area (TPSA) is 21.3 Å². The number of halogens is 2. The molecule has 0 unspecified atom stereocenters. The maximum Gasteiger partial charge on any atom is 0.0587 e. The van der Waals surface area contributed by atoms with Gasteiger partial charge in [0.1, 0.15) is 0 Å². The summed E-state index contributed by atoms with van der Waals surface area (Å²) in [7, 11) is 1.70. The summed E-state index contributed by atoms with van der Waals surface area (Å²) in [5.74, 6) is 0. The predicted molar refractivity (Wildman–Crippen MR) is 93.3 cm³/mol. The minimum atomic E-state index is 0.703. The Kier molecular flexibility index (Phi) is 7.07. The maximum atomic E-state index is 6.12. The molecular formula is C16H17BrClNOS. The van der Waals surface area contributed by atoms with E-state index < -0.39 is 0 Å². The van der Waals surface area contributed by atoms with Gasteiger partial charge in [0.15, 0.2) is 0 Å². The molecule has 1 N–H and O–H groups in total. The van der Waals surface area contributed by atoms with Crippen LogP contribution in [0.4, 0.5) is 0 Å². The maximum absolute atomic E-state index is 6.12. The minimum Gasteiger partial charge on any atom is -0.383 e. The van der Waals surface area contributed by atoms with Crippen molar-refractivity contribution < 1.29 is 4.74 Å². The van der Waals surface area contributed by atoms with Gasteiger partial charge >= 0.3 is 0 Å². The van der Waals surface area contributed by atoms with Crippen LogP contribution < -0.4 is 5.32 Å². The fraction of sp³-hybridized carbons (Fsp3) is 0.250. The lowest BCUT2D eigenvalue weighted by atomic mass is 10.2. The summed E-state index contributed by atoms with van der Waals surface area (Å²) in [4.78, 5) is 2.41. The molecule has 0 atom stereocenters. The van der Waals surface area contributed by atoms with Crippen molar-refractivity contribution in [3.63, 3.8) is 0 Å². The van der Waals surface area contributed by atoms with Gasteiger partial charge in [0.25, 0.3) is 0 Å². The second kappa shape index (κ2) is 8.81. The van der Waals surface area contributed by atoms with E-state index >= 15 is 0 Å². The third-order valence-electron chi connectivity index (χ3n) is 2.84. The highest BCUT2D eigenvalue weighted by molar-refractivity contribution is 9.10. The normalized spacial score (nSPS) is 10.8. The van der Waals surface area contributed by atoms with Gasteiger partial charge in [-0.25, -0.2) is 0 Å². The fourth-order valence-electron chi connectivity index (χ4n) is 1.84. The molecular weight excluding hydrogens is 370 g/mol. The molecule has 0 aliphatic carbocycles. The molecule has 21 heavy (non-hydrogen) atoms. The monoisotopic (exact) mass is 385 g/mol. The highest BCUT2D eigenvalue weighted by Crippen LogP contribution is 2.33. The third-order valence-corrected chi connectivity index (χ3v) is 4.68. The van der Waals surface area contributed by atoms with Crippen molar-refractivity contribution in [2.45, 2.75) is 16.3 Å². The van der Waals surface area contributed by atoms with Crippen LogP contribution >= 0.6 is 39.3 Å². The molecule has 2 aromatic carbocycles. The zero-order valence-corrected chi connectivity index (χ0v) is 14.9. The van der Waals surface area contributed by atoms with E-state index in [9.17, 15) is 0 Å². The Balaban J connectivity index is 2.10. The molecule has 0 spiro atoms. The molecule has 0 heterocycles. The van der Waals surface area contributed by atoms with E-state index in [0.717, 1.165) is 22.6 Å². The number of ether oxygens (including phenoxy) is 1. The van der Waals surface area contributed by atoms with Crippen LogP contribution in [0, 0.1) is 0 Å². The summed E-state index contributed by atoms with van der Waals surface area (Å²) in [5.41, 5.74) is 1.20. The van der Waals surface area contributed by atoms with Crippen LogP contribution in [0.25, 0.3) is 0 Å². The Bertz CT molecular complexity index is 594. The van der Waals surface area contributed by atoms with Crippen LogP contribution in [-0.2, 0) is 11.3 Å². The molecule has 0 aliphatic heterocycles. The summed E-state index contributed by atoms with van der Waals surface area (Å²) < 4.78 is 6.13. The average Bonchev–Trinajstić information content (AvgIpc) is 2.46. The number of hydrogen-bond acceptors (Lipinski definition) is 3. The zero-order chi connectivity index (χ0) is 15.1. The van der Waals surface area contributed by atoms with E-state index in [0.29, 0.717) is 6.61 Å². The van der Waals surface area contributed by atoms with Crippen molar-refractivity contribution in [1.82, 2.24) is 5.32 Å². The number of hydrogen-bond donors (Lipinski definition) is 1. The Morgan fingerprint density at radius 1 is 1.24 bits per heavy atom. The molecule has 5 heteroatoms. The van der Waals surface area contributed by atoms with E-state index in [4.69, 9.17) is 16.3 Å². The van der Waals surface area contributed by atoms with E-state index in [1.165, 1.54) is 15.4 Å². The smallest absolute Gasteiger partial charge is 0.0587 e. The largest absolute Gasteiger partial charge is 0.383 e. The first-order valence-corrected chi connectivity index (χ1v) is 8.59. The van der Waals surface area contributed by atoms with Crippen molar-refractivity contribution in [2.24, 2.45) is 0 Å². The Morgan fingerprint density at radius 3 is 2.86 bits per heavy atom. The number of rotatable bonds is 7. The van der Waals surface area contributed by atoms with Gasteiger partial charge in [-0.2, -0.15) is 0 Å². The van der Waals surface area contributed by atoms with Crippen LogP contribution in [0.3, 0.4) is 0 Å². The standard InChI is InChI=1S/C16H17BrClNOS/c1-20-8-7-19-11-12-9-14(18)5-6-16(12)21-15-4-2-3-13(17)10-15/h2-6,9-10,19H,7-8,11H2,1H3. The number of nitrogens with one attached hydrogen (secondary N) is 1. The lowest BCUT2D eigenvalue weighted by molar-refractivity contribution is 0.199. The molecule has 0 saturated carbocycles. The van der Waals surface area contributed by atoms with Gasteiger partial charge in [-0.05, 0) is 42.0 Å². The second-order valence-corrected chi connectivity index (χ2v) is 6.95. The average molecular weight is 387 g/mol. The fourth-order valence-corrected chi connectivity index (χ4v) is 3.57. The van der Waals surface area contributed by atoms with Crippen LogP contribution in [0.15, 0.2) is 56.7 Å². The molecule has 0 bridgehead atoms. The molecule has 0 aromatic heterocycles. The van der Waals surface area contributed by atoms with Gasteiger partial charge in [0.2, 0.25) is 0 Å². The third kappa shape index (κ3) is 5.64. The summed E-state index contributed by atoms with van der Waals surface area (Å²) in [6.45, 7) is 2.30. The molecule has 2 aromatic rings. The first kappa shape index (κ1) is 16.8. The molecule has 0 amide bonds. The first-order valence-electron chi connectivity index (χ1n) is 6.60. The molecule has 112 valence electrons. The molecule has 0 radical (unpaired) electrons. The van der Waals surface area contributed by atoms with Crippen LogP contribution in [0.5, 0.6) is 0 Å². The van der Waals surface area contributed by atoms with E-state index in [2.05, 4.69) is 39.4 Å². The van der Waals surface area contributed by atoms with Crippen LogP contribution in [-0.4, -0.2) is 20.3 Å². The van der Waals surface area contributed by atoms with Crippen molar-refractivity contribution in [3.05, 3.63) is 57.5 Å². The van der Waals surface area contributed by atoms with Gasteiger partial charge in [-0.3, -0.25) is 0 Å². The number of benzene rings is 2. The highest BCUT2D eigenvalue weighted by Gasteiger charge is 2.06. The Hall–Kier alpha value is -0.520. The molecule has 0 fully saturated rings. The van der Waals surface area contributed by atoms with E-state index in [-0.39, 0.29) is 0 Å². The quantitative estimate of drug-likeness (QED) is 0.677. The summed E-state index contributed by atoms with van der Waals surface area (Å²) in [5, 5.41) is 4.12. The zero-order valence-electron chi connectivity index (χ0n) is 11.7. The summed E-state index contributed by atoms with van der Waals surface area (Å²) in [6.07, 6.45) is 0.